The van der Waals surface area contributed by atoms with Crippen molar-refractivity contribution in [3.63, 3.8) is 0 Å². The molecule has 0 saturated heterocycles. The van der Waals surface area contributed by atoms with Crippen LogP contribution in [0.4, 0.5) is 5.82 Å². The van der Waals surface area contributed by atoms with Gasteiger partial charge in [-0.05, 0) is 45.5 Å². The highest BCUT2D eigenvalue weighted by Crippen LogP contribution is 2.35. The summed E-state index contributed by atoms with van der Waals surface area (Å²) in [6.07, 6.45) is 5.21. The van der Waals surface area contributed by atoms with Gasteiger partial charge in [-0.1, -0.05) is 0 Å². The predicted molar refractivity (Wildman–Crippen MR) is 76.4 cm³/mol. The molecule has 0 spiro atoms. The Morgan fingerprint density at radius 2 is 2.21 bits per heavy atom. The van der Waals surface area contributed by atoms with E-state index in [1.165, 1.54) is 6.42 Å². The molecule has 0 radical (unpaired) electrons. The van der Waals surface area contributed by atoms with E-state index in [1.54, 1.807) is 25.4 Å². The minimum absolute atomic E-state index is 0.0643. The van der Waals surface area contributed by atoms with E-state index >= 15 is 0 Å². The van der Waals surface area contributed by atoms with Gasteiger partial charge in [-0.2, -0.15) is 0 Å². The monoisotopic (exact) mass is 262 g/mol. The van der Waals surface area contributed by atoms with Crippen molar-refractivity contribution < 1.29 is 4.79 Å². The smallest absolute Gasteiger partial charge is 0.255 e. The number of amides is 1. The maximum Gasteiger partial charge on any atom is 0.255 e. The molecule has 1 aromatic rings. The van der Waals surface area contributed by atoms with Crippen LogP contribution < -0.4 is 10.6 Å². The van der Waals surface area contributed by atoms with Crippen molar-refractivity contribution >= 4 is 11.7 Å². The molecule has 1 fully saturated rings. The summed E-state index contributed by atoms with van der Waals surface area (Å²) in [6.45, 7) is 0.691. The van der Waals surface area contributed by atoms with E-state index < -0.39 is 0 Å². The highest BCUT2D eigenvalue weighted by Gasteiger charge is 2.39. The molecule has 1 heterocycles. The van der Waals surface area contributed by atoms with Crippen LogP contribution in [0.25, 0.3) is 0 Å². The van der Waals surface area contributed by atoms with E-state index in [0.29, 0.717) is 17.9 Å². The maximum atomic E-state index is 12.2. The topological polar surface area (TPSA) is 57.3 Å². The van der Waals surface area contributed by atoms with Crippen molar-refractivity contribution in [2.75, 3.05) is 33.0 Å². The highest BCUT2D eigenvalue weighted by molar-refractivity contribution is 5.98. The Labute approximate surface area is 114 Å². The molecule has 1 saturated carbocycles. The Morgan fingerprint density at radius 1 is 1.47 bits per heavy atom. The average molecular weight is 262 g/mol. The molecule has 0 bridgehead atoms. The van der Waals surface area contributed by atoms with Gasteiger partial charge in [-0.15, -0.1) is 0 Å². The quantitative estimate of drug-likeness (QED) is 0.840. The SMILES string of the molecule is CNc1ncccc1C(=O)NCC1(N(C)C)CCC1. The maximum absolute atomic E-state index is 12.2. The lowest BCUT2D eigenvalue weighted by Gasteiger charge is -2.47. The van der Waals surface area contributed by atoms with E-state index in [-0.39, 0.29) is 11.4 Å². The zero-order chi connectivity index (χ0) is 13.9. The number of pyridine rings is 1. The van der Waals surface area contributed by atoms with Crippen LogP contribution in [0, 0.1) is 0 Å². The molecule has 2 rings (SSSR count). The number of nitrogens with zero attached hydrogens (tertiary/aromatic N) is 2. The van der Waals surface area contributed by atoms with Crippen LogP contribution >= 0.6 is 0 Å². The molecule has 0 aliphatic heterocycles. The number of hydrogen-bond acceptors (Lipinski definition) is 4. The molecule has 0 aromatic carbocycles. The Kier molecular flexibility index (Phi) is 4.04. The normalized spacial score (nSPS) is 16.8. The summed E-state index contributed by atoms with van der Waals surface area (Å²) >= 11 is 0. The van der Waals surface area contributed by atoms with Gasteiger partial charge in [-0.25, -0.2) is 4.98 Å². The van der Waals surface area contributed by atoms with Gasteiger partial charge in [0.05, 0.1) is 5.56 Å². The first-order valence-corrected chi connectivity index (χ1v) is 6.67. The molecular weight excluding hydrogens is 240 g/mol. The third kappa shape index (κ3) is 2.71. The van der Waals surface area contributed by atoms with Crippen LogP contribution in [0.3, 0.4) is 0 Å². The average Bonchev–Trinajstić information content (AvgIpc) is 2.36. The van der Waals surface area contributed by atoms with Crippen molar-refractivity contribution in [1.82, 2.24) is 15.2 Å². The fraction of sp³-hybridized carbons (Fsp3) is 0.571. The number of carbonyl (C=O) groups excluding carboxylic acids is 1. The fourth-order valence-electron chi connectivity index (χ4n) is 2.49. The molecule has 0 unspecified atom stereocenters. The number of aromatic nitrogens is 1. The van der Waals surface area contributed by atoms with E-state index in [1.807, 2.05) is 0 Å². The zero-order valence-corrected chi connectivity index (χ0v) is 11.9. The number of anilines is 1. The number of carbonyl (C=O) groups is 1. The van der Waals surface area contributed by atoms with Crippen molar-refractivity contribution in [1.29, 1.82) is 0 Å². The van der Waals surface area contributed by atoms with Crippen LogP contribution in [0.1, 0.15) is 29.6 Å². The summed E-state index contributed by atoms with van der Waals surface area (Å²) in [5.74, 6) is 0.554. The molecule has 19 heavy (non-hydrogen) atoms. The van der Waals surface area contributed by atoms with Crippen LogP contribution in [0.2, 0.25) is 0 Å². The Bertz CT molecular complexity index is 455. The molecule has 5 heteroatoms. The standard InChI is InChI=1S/C14H22N4O/c1-15-12-11(6-4-9-16-12)13(19)17-10-14(18(2)3)7-5-8-14/h4,6,9H,5,7-8,10H2,1-3H3,(H,15,16)(H,17,19). The van der Waals surface area contributed by atoms with Crippen LogP contribution in [-0.2, 0) is 0 Å². The Balaban J connectivity index is 2.01. The molecule has 1 aromatic heterocycles. The van der Waals surface area contributed by atoms with Gasteiger partial charge in [0.1, 0.15) is 5.82 Å². The van der Waals surface area contributed by atoms with E-state index in [0.717, 1.165) is 12.8 Å². The molecule has 5 nitrogen and oxygen atoms in total. The summed E-state index contributed by atoms with van der Waals surface area (Å²) in [4.78, 5) is 18.6. The lowest BCUT2D eigenvalue weighted by molar-refractivity contribution is 0.0558. The minimum atomic E-state index is -0.0643. The largest absolute Gasteiger partial charge is 0.372 e. The van der Waals surface area contributed by atoms with Gasteiger partial charge in [0.15, 0.2) is 0 Å². The first-order chi connectivity index (χ1) is 9.09. The molecular formula is C14H22N4O. The predicted octanol–water partition coefficient (Wildman–Crippen LogP) is 1.34. The molecule has 2 N–H and O–H groups in total. The molecule has 1 amide bonds. The van der Waals surface area contributed by atoms with Crippen molar-refractivity contribution in [2.45, 2.75) is 24.8 Å². The summed E-state index contributed by atoms with van der Waals surface area (Å²) in [7, 11) is 5.93. The molecule has 104 valence electrons. The number of hydrogen-bond donors (Lipinski definition) is 2. The van der Waals surface area contributed by atoms with E-state index in [2.05, 4.69) is 34.6 Å². The first-order valence-electron chi connectivity index (χ1n) is 6.67. The van der Waals surface area contributed by atoms with Gasteiger partial charge in [0.2, 0.25) is 0 Å². The third-order valence-electron chi connectivity index (χ3n) is 4.10. The second kappa shape index (κ2) is 5.57. The lowest BCUT2D eigenvalue weighted by atomic mass is 9.75. The summed E-state index contributed by atoms with van der Waals surface area (Å²) < 4.78 is 0. The molecule has 1 aliphatic rings. The summed E-state index contributed by atoms with van der Waals surface area (Å²) in [5.41, 5.74) is 0.732. The third-order valence-corrected chi connectivity index (χ3v) is 4.10. The van der Waals surface area contributed by atoms with E-state index in [9.17, 15) is 4.79 Å². The first kappa shape index (κ1) is 13.8. The highest BCUT2D eigenvalue weighted by atomic mass is 16.1. The second-order valence-electron chi connectivity index (χ2n) is 5.30. The van der Waals surface area contributed by atoms with Crippen LogP contribution in [0.5, 0.6) is 0 Å². The van der Waals surface area contributed by atoms with Gasteiger partial charge in [-0.3, -0.25) is 4.79 Å². The number of rotatable bonds is 5. The Hall–Kier alpha value is -1.62. The number of nitrogens with one attached hydrogen (secondary N) is 2. The van der Waals surface area contributed by atoms with Gasteiger partial charge in [0, 0.05) is 25.3 Å². The molecule has 0 atom stereocenters. The fourth-order valence-corrected chi connectivity index (χ4v) is 2.49. The molecule has 1 aliphatic carbocycles. The van der Waals surface area contributed by atoms with E-state index in [4.69, 9.17) is 0 Å². The number of likely N-dealkylation sites (N-methyl/N-ethyl adjacent to an activating group) is 1. The van der Waals surface area contributed by atoms with Crippen molar-refractivity contribution in [3.8, 4) is 0 Å². The summed E-state index contributed by atoms with van der Waals surface area (Å²) in [6, 6.07) is 3.57. The van der Waals surface area contributed by atoms with Gasteiger partial charge >= 0.3 is 0 Å². The van der Waals surface area contributed by atoms with Crippen LogP contribution in [-0.4, -0.2) is 49.0 Å². The van der Waals surface area contributed by atoms with Crippen molar-refractivity contribution in [3.05, 3.63) is 23.9 Å². The second-order valence-corrected chi connectivity index (χ2v) is 5.30. The van der Waals surface area contributed by atoms with Crippen molar-refractivity contribution in [2.24, 2.45) is 0 Å². The zero-order valence-electron chi connectivity index (χ0n) is 11.9. The van der Waals surface area contributed by atoms with Crippen LogP contribution in [0.15, 0.2) is 18.3 Å². The lowest BCUT2D eigenvalue weighted by Crippen LogP contribution is -2.57. The van der Waals surface area contributed by atoms with Gasteiger partial charge < -0.3 is 15.5 Å². The minimum Gasteiger partial charge on any atom is -0.372 e. The van der Waals surface area contributed by atoms with Gasteiger partial charge in [0.25, 0.3) is 5.91 Å². The summed E-state index contributed by atoms with van der Waals surface area (Å²) in [5, 5.41) is 5.98. The Morgan fingerprint density at radius 3 is 2.74 bits per heavy atom.